The molecular formula is C49H31NS. The van der Waals surface area contributed by atoms with Gasteiger partial charge in [0, 0.05) is 20.6 Å². The fourth-order valence-electron chi connectivity index (χ4n) is 8.84. The normalized spacial score (nSPS) is 15.5. The Morgan fingerprint density at radius 2 is 0.882 bits per heavy atom. The highest BCUT2D eigenvalue weighted by molar-refractivity contribution is 7.99. The Bertz CT molecular complexity index is 2810. The summed E-state index contributed by atoms with van der Waals surface area (Å²) >= 11 is 1.90. The highest BCUT2D eigenvalue weighted by Crippen LogP contribution is 2.60. The molecule has 0 radical (unpaired) electrons. The van der Waals surface area contributed by atoms with Crippen LogP contribution in [0.5, 0.6) is 0 Å². The van der Waals surface area contributed by atoms with Crippen LogP contribution in [0.1, 0.15) is 22.3 Å². The fraction of sp³-hybridized carbons (Fsp3) is 0.0204. The molecule has 0 fully saturated rings. The molecule has 0 amide bonds. The number of para-hydroxylation sites is 3. The van der Waals surface area contributed by atoms with E-state index < -0.39 is 5.41 Å². The van der Waals surface area contributed by atoms with E-state index in [1.165, 1.54) is 92.9 Å². The van der Waals surface area contributed by atoms with E-state index in [4.69, 9.17) is 0 Å². The minimum atomic E-state index is -0.478. The molecule has 1 aromatic heterocycles. The molecule has 1 atom stereocenters. The van der Waals surface area contributed by atoms with Crippen LogP contribution in [0.3, 0.4) is 0 Å². The summed E-state index contributed by atoms with van der Waals surface area (Å²) in [5.74, 6) is 0. The van der Waals surface area contributed by atoms with Gasteiger partial charge in [0.05, 0.1) is 22.1 Å². The highest BCUT2D eigenvalue weighted by Gasteiger charge is 2.49. The molecule has 0 bridgehead atoms. The Hall–Kier alpha value is -6.09. The van der Waals surface area contributed by atoms with Gasteiger partial charge in [-0.1, -0.05) is 169 Å². The van der Waals surface area contributed by atoms with Crippen molar-refractivity contribution in [3.8, 4) is 39.1 Å². The van der Waals surface area contributed by atoms with Crippen molar-refractivity contribution in [1.82, 2.24) is 4.57 Å². The molecule has 3 heterocycles. The number of hydrogen-bond acceptors (Lipinski definition) is 1. The smallest absolute Gasteiger partial charge is 0.0764 e. The third-order valence-electron chi connectivity index (χ3n) is 11.1. The second kappa shape index (κ2) is 11.0. The Morgan fingerprint density at radius 1 is 0.353 bits per heavy atom. The van der Waals surface area contributed by atoms with Crippen molar-refractivity contribution in [2.75, 3.05) is 0 Å². The SMILES string of the molecule is c1ccc(-c2ccc(-c3ccc(-c4ccc5c(c4)C4(c6ccccc6S5)c5ccccc5-n5c6ccccc6c6cccc4c65)cc3)cc2)cc1. The number of aromatic nitrogens is 1. The number of fused-ring (bicyclic) bond motifs is 11. The molecule has 0 N–H and O–H groups in total. The van der Waals surface area contributed by atoms with Crippen molar-refractivity contribution >= 4 is 33.6 Å². The van der Waals surface area contributed by atoms with Crippen molar-refractivity contribution in [1.29, 1.82) is 0 Å². The van der Waals surface area contributed by atoms with E-state index in [2.05, 4.69) is 193 Å². The van der Waals surface area contributed by atoms with Crippen LogP contribution >= 0.6 is 11.8 Å². The first-order valence-corrected chi connectivity index (χ1v) is 18.4. The van der Waals surface area contributed by atoms with Crippen LogP contribution in [0.25, 0.3) is 60.9 Å². The van der Waals surface area contributed by atoms with E-state index in [9.17, 15) is 0 Å². The molecule has 8 aromatic carbocycles. The molecule has 0 saturated carbocycles. The Labute approximate surface area is 301 Å². The van der Waals surface area contributed by atoms with E-state index in [0.29, 0.717) is 0 Å². The highest BCUT2D eigenvalue weighted by atomic mass is 32.2. The minimum Gasteiger partial charge on any atom is -0.309 e. The van der Waals surface area contributed by atoms with Gasteiger partial charge in [0.2, 0.25) is 0 Å². The standard InChI is InChI=1S/C49H31NS/c1-2-11-32(12-3-1)33-21-23-34(24-22-33)35-25-27-36(28-26-35)37-29-30-47-43(31-37)49(41-16-6-9-20-46(41)51-47)40-15-5-8-19-45(40)50-44-18-7-4-13-38(44)39-14-10-17-42(49)48(39)50/h1-31H. The zero-order valence-corrected chi connectivity index (χ0v) is 28.6. The van der Waals surface area contributed by atoms with Crippen molar-refractivity contribution in [3.63, 3.8) is 0 Å². The third-order valence-corrected chi connectivity index (χ3v) is 12.2. The van der Waals surface area contributed by atoms with Crippen LogP contribution in [0.4, 0.5) is 0 Å². The predicted octanol–water partition coefficient (Wildman–Crippen LogP) is 12.9. The topological polar surface area (TPSA) is 4.93 Å². The summed E-state index contributed by atoms with van der Waals surface area (Å²) in [6.45, 7) is 0. The summed E-state index contributed by atoms with van der Waals surface area (Å²) in [4.78, 5) is 2.63. The summed E-state index contributed by atoms with van der Waals surface area (Å²) in [6, 6.07) is 69.7. The first-order valence-electron chi connectivity index (χ1n) is 17.6. The summed E-state index contributed by atoms with van der Waals surface area (Å²) in [6.07, 6.45) is 0. The van der Waals surface area contributed by atoms with Crippen molar-refractivity contribution in [3.05, 3.63) is 210 Å². The second-order valence-electron chi connectivity index (χ2n) is 13.7. The van der Waals surface area contributed by atoms with Gasteiger partial charge in [-0.15, -0.1) is 0 Å². The second-order valence-corrected chi connectivity index (χ2v) is 14.7. The van der Waals surface area contributed by atoms with E-state index in [1.54, 1.807) is 0 Å². The lowest BCUT2D eigenvalue weighted by Crippen LogP contribution is -2.37. The monoisotopic (exact) mass is 665 g/mol. The van der Waals surface area contributed by atoms with Crippen LogP contribution in [0.15, 0.2) is 198 Å². The van der Waals surface area contributed by atoms with Gasteiger partial charge in [0.25, 0.3) is 0 Å². The predicted molar refractivity (Wildman–Crippen MR) is 213 cm³/mol. The molecule has 2 heteroatoms. The van der Waals surface area contributed by atoms with Crippen LogP contribution in [0.2, 0.25) is 0 Å². The largest absolute Gasteiger partial charge is 0.309 e. The van der Waals surface area contributed by atoms with Crippen molar-refractivity contribution < 1.29 is 0 Å². The van der Waals surface area contributed by atoms with E-state index >= 15 is 0 Å². The molecule has 2 aliphatic heterocycles. The molecule has 51 heavy (non-hydrogen) atoms. The molecule has 11 rings (SSSR count). The average molecular weight is 666 g/mol. The molecule has 1 spiro atoms. The van der Waals surface area contributed by atoms with Crippen LogP contribution in [-0.2, 0) is 5.41 Å². The maximum atomic E-state index is 2.51. The summed E-state index contributed by atoms with van der Waals surface area (Å²) in [5, 5.41) is 2.60. The Balaban J connectivity index is 1.11. The van der Waals surface area contributed by atoms with Crippen LogP contribution in [-0.4, -0.2) is 4.57 Å². The van der Waals surface area contributed by atoms with Gasteiger partial charge in [0.15, 0.2) is 0 Å². The van der Waals surface area contributed by atoms with Gasteiger partial charge < -0.3 is 4.57 Å². The molecule has 1 nitrogen and oxygen atoms in total. The number of hydrogen-bond donors (Lipinski definition) is 0. The molecule has 1 unspecified atom stereocenters. The minimum absolute atomic E-state index is 0.478. The van der Waals surface area contributed by atoms with E-state index in [0.717, 1.165) is 0 Å². The summed E-state index contributed by atoms with van der Waals surface area (Å²) in [5.41, 5.74) is 16.1. The third kappa shape index (κ3) is 4.06. The fourth-order valence-corrected chi connectivity index (χ4v) is 10.0. The number of benzene rings is 8. The first-order chi connectivity index (χ1) is 25.3. The van der Waals surface area contributed by atoms with Gasteiger partial charge in [-0.05, 0) is 86.0 Å². The molecular weight excluding hydrogens is 635 g/mol. The van der Waals surface area contributed by atoms with Gasteiger partial charge in [-0.3, -0.25) is 0 Å². The van der Waals surface area contributed by atoms with Gasteiger partial charge in [-0.25, -0.2) is 0 Å². The summed E-state index contributed by atoms with van der Waals surface area (Å²) in [7, 11) is 0. The average Bonchev–Trinajstić information content (AvgIpc) is 3.55. The number of rotatable bonds is 3. The quantitative estimate of drug-likeness (QED) is 0.182. The zero-order chi connectivity index (χ0) is 33.5. The summed E-state index contributed by atoms with van der Waals surface area (Å²) < 4.78 is 2.51. The maximum Gasteiger partial charge on any atom is 0.0764 e. The Morgan fingerprint density at radius 3 is 1.65 bits per heavy atom. The van der Waals surface area contributed by atoms with Crippen LogP contribution < -0.4 is 0 Å². The molecule has 0 saturated heterocycles. The lowest BCUT2D eigenvalue weighted by atomic mass is 9.62. The van der Waals surface area contributed by atoms with Crippen LogP contribution in [0, 0.1) is 0 Å². The molecule has 9 aromatic rings. The maximum absolute atomic E-state index is 2.51. The van der Waals surface area contributed by atoms with E-state index in [-0.39, 0.29) is 0 Å². The van der Waals surface area contributed by atoms with Crippen molar-refractivity contribution in [2.45, 2.75) is 15.2 Å². The molecule has 238 valence electrons. The molecule has 2 aliphatic rings. The first kappa shape index (κ1) is 28.7. The zero-order valence-electron chi connectivity index (χ0n) is 27.8. The molecule has 0 aliphatic carbocycles. The van der Waals surface area contributed by atoms with Crippen molar-refractivity contribution in [2.24, 2.45) is 0 Å². The Kier molecular flexibility index (Phi) is 6.17. The van der Waals surface area contributed by atoms with Gasteiger partial charge in [-0.2, -0.15) is 0 Å². The lowest BCUT2D eigenvalue weighted by Gasteiger charge is -2.45. The number of nitrogens with zero attached hydrogens (tertiary/aromatic N) is 1. The van der Waals surface area contributed by atoms with E-state index in [1.807, 2.05) is 11.8 Å². The van der Waals surface area contributed by atoms with Gasteiger partial charge in [0.1, 0.15) is 0 Å². The van der Waals surface area contributed by atoms with Gasteiger partial charge >= 0.3 is 0 Å². The lowest BCUT2D eigenvalue weighted by molar-refractivity contribution is 0.690.